The molecule has 13 heavy (non-hydrogen) atoms. The zero-order valence-electron chi connectivity index (χ0n) is 7.53. The van der Waals surface area contributed by atoms with Crippen LogP contribution in [0.15, 0.2) is 30.3 Å². The van der Waals surface area contributed by atoms with Crippen molar-refractivity contribution < 1.29 is 4.79 Å². The Morgan fingerprint density at radius 2 is 2.08 bits per heavy atom. The second kappa shape index (κ2) is 4.42. The second-order valence-corrected chi connectivity index (χ2v) is 3.02. The molecule has 2 nitrogen and oxygen atoms in total. The van der Waals surface area contributed by atoms with Gasteiger partial charge in [-0.05, 0) is 6.92 Å². The smallest absolute Gasteiger partial charge is 0.164 e. The van der Waals surface area contributed by atoms with Crippen molar-refractivity contribution >= 4 is 5.78 Å². The van der Waals surface area contributed by atoms with Crippen molar-refractivity contribution in [1.82, 2.24) is 0 Å². The lowest BCUT2D eigenvalue weighted by atomic mass is 10.0. The molecule has 0 heterocycles. The fourth-order valence-corrected chi connectivity index (χ4v) is 1.07. The average molecular weight is 173 g/mol. The van der Waals surface area contributed by atoms with Crippen molar-refractivity contribution in [2.75, 3.05) is 0 Å². The fraction of sp³-hybridized carbons (Fsp3) is 0.273. The Hall–Kier alpha value is -1.62. The summed E-state index contributed by atoms with van der Waals surface area (Å²) < 4.78 is 0. The second-order valence-electron chi connectivity index (χ2n) is 3.02. The number of rotatable bonds is 3. The number of Topliss-reactive ketones (excluding diaryl/α,β-unsaturated/α-hetero) is 1. The van der Waals surface area contributed by atoms with E-state index in [1.807, 2.05) is 24.3 Å². The number of benzene rings is 1. The lowest BCUT2D eigenvalue weighted by Gasteiger charge is -2.00. The van der Waals surface area contributed by atoms with E-state index < -0.39 is 0 Å². The van der Waals surface area contributed by atoms with E-state index in [-0.39, 0.29) is 11.7 Å². The van der Waals surface area contributed by atoms with Crippen molar-refractivity contribution in [2.45, 2.75) is 13.3 Å². The molecule has 0 N–H and O–H groups in total. The maximum Gasteiger partial charge on any atom is 0.164 e. The van der Waals surface area contributed by atoms with Crippen molar-refractivity contribution in [3.63, 3.8) is 0 Å². The van der Waals surface area contributed by atoms with Gasteiger partial charge in [0.25, 0.3) is 0 Å². The van der Waals surface area contributed by atoms with Gasteiger partial charge >= 0.3 is 0 Å². The highest BCUT2D eigenvalue weighted by molar-refractivity contribution is 5.96. The van der Waals surface area contributed by atoms with Gasteiger partial charge in [0.05, 0.1) is 12.0 Å². The Balaban J connectivity index is 2.66. The molecule has 0 radical (unpaired) electrons. The van der Waals surface area contributed by atoms with Gasteiger partial charge in [0.2, 0.25) is 0 Å². The molecule has 1 aromatic carbocycles. The summed E-state index contributed by atoms with van der Waals surface area (Å²) in [6.07, 6.45) is 0.306. The lowest BCUT2D eigenvalue weighted by molar-refractivity contribution is 0.0973. The zero-order valence-corrected chi connectivity index (χ0v) is 7.53. The molecule has 0 aliphatic rings. The van der Waals surface area contributed by atoms with Gasteiger partial charge in [-0.2, -0.15) is 5.26 Å². The predicted octanol–water partition coefficient (Wildman–Crippen LogP) is 2.42. The van der Waals surface area contributed by atoms with Gasteiger partial charge in [-0.25, -0.2) is 0 Å². The van der Waals surface area contributed by atoms with Crippen LogP contribution >= 0.6 is 0 Å². The minimum absolute atomic E-state index is 0.0367. The first-order valence-corrected chi connectivity index (χ1v) is 4.22. The Kier molecular flexibility index (Phi) is 3.22. The molecule has 0 unspecified atom stereocenters. The van der Waals surface area contributed by atoms with E-state index in [1.54, 1.807) is 19.1 Å². The Bertz CT molecular complexity index is 324. The van der Waals surface area contributed by atoms with Gasteiger partial charge in [-0.3, -0.25) is 4.79 Å². The molecule has 0 fully saturated rings. The molecule has 0 aliphatic heterocycles. The summed E-state index contributed by atoms with van der Waals surface area (Å²) in [5, 5.41) is 8.53. The minimum atomic E-state index is -0.201. The number of nitrogens with zero attached hydrogens (tertiary/aromatic N) is 1. The van der Waals surface area contributed by atoms with Crippen LogP contribution in [0.3, 0.4) is 0 Å². The lowest BCUT2D eigenvalue weighted by Crippen LogP contribution is -2.03. The molecule has 0 bridgehead atoms. The maximum absolute atomic E-state index is 11.5. The van der Waals surface area contributed by atoms with Crippen LogP contribution < -0.4 is 0 Å². The summed E-state index contributed by atoms with van der Waals surface area (Å²) in [5.41, 5.74) is 0.685. The van der Waals surface area contributed by atoms with Crippen molar-refractivity contribution in [1.29, 1.82) is 5.26 Å². The Morgan fingerprint density at radius 3 is 2.62 bits per heavy atom. The van der Waals surface area contributed by atoms with Gasteiger partial charge in [-0.1, -0.05) is 30.3 Å². The molecule has 0 spiro atoms. The van der Waals surface area contributed by atoms with Crippen LogP contribution in [0.1, 0.15) is 23.7 Å². The predicted molar refractivity (Wildman–Crippen MR) is 50.2 cm³/mol. The summed E-state index contributed by atoms with van der Waals surface area (Å²) >= 11 is 0. The minimum Gasteiger partial charge on any atom is -0.294 e. The number of hydrogen-bond acceptors (Lipinski definition) is 2. The van der Waals surface area contributed by atoms with E-state index in [1.165, 1.54) is 0 Å². The monoisotopic (exact) mass is 173 g/mol. The van der Waals surface area contributed by atoms with Gasteiger partial charge < -0.3 is 0 Å². The number of carbonyl (C=O) groups excluding carboxylic acids is 1. The summed E-state index contributed by atoms with van der Waals surface area (Å²) in [6.45, 7) is 1.75. The van der Waals surface area contributed by atoms with Gasteiger partial charge in [-0.15, -0.1) is 0 Å². The SMILES string of the molecule is C[C@@H](C#N)CC(=O)c1ccccc1. The molecule has 1 rings (SSSR count). The summed E-state index contributed by atoms with van der Waals surface area (Å²) in [6, 6.07) is 11.1. The van der Waals surface area contributed by atoms with Crippen molar-refractivity contribution in [3.8, 4) is 6.07 Å². The molecule has 0 aliphatic carbocycles. The third kappa shape index (κ3) is 2.72. The van der Waals surface area contributed by atoms with Crippen molar-refractivity contribution in [3.05, 3.63) is 35.9 Å². The third-order valence-electron chi connectivity index (χ3n) is 1.81. The standard InChI is InChI=1S/C11H11NO/c1-9(8-12)7-11(13)10-5-3-2-4-6-10/h2-6,9H,7H2,1H3/t9-/m1/s1. The van der Waals surface area contributed by atoms with E-state index >= 15 is 0 Å². The summed E-state index contributed by atoms with van der Waals surface area (Å²) in [7, 11) is 0. The first-order chi connectivity index (χ1) is 6.24. The Morgan fingerprint density at radius 1 is 1.46 bits per heavy atom. The molecule has 1 aromatic rings. The number of hydrogen-bond donors (Lipinski definition) is 0. The highest BCUT2D eigenvalue weighted by Gasteiger charge is 2.09. The molecular formula is C11H11NO. The highest BCUT2D eigenvalue weighted by atomic mass is 16.1. The molecule has 0 saturated carbocycles. The quantitative estimate of drug-likeness (QED) is 0.658. The molecule has 66 valence electrons. The molecular weight excluding hydrogens is 162 g/mol. The van der Waals surface area contributed by atoms with Crippen LogP contribution in [0.5, 0.6) is 0 Å². The first kappa shape index (κ1) is 9.47. The normalized spacial score (nSPS) is 11.7. The zero-order chi connectivity index (χ0) is 9.68. The molecule has 1 atom stereocenters. The van der Waals surface area contributed by atoms with Gasteiger partial charge in [0.15, 0.2) is 5.78 Å². The van der Waals surface area contributed by atoms with Crippen LogP contribution in [0.4, 0.5) is 0 Å². The molecule has 0 aromatic heterocycles. The van der Waals surface area contributed by atoms with Crippen LogP contribution in [0.2, 0.25) is 0 Å². The van der Waals surface area contributed by atoms with E-state index in [0.717, 1.165) is 0 Å². The van der Waals surface area contributed by atoms with Crippen LogP contribution in [0, 0.1) is 17.2 Å². The maximum atomic E-state index is 11.5. The summed E-state index contributed by atoms with van der Waals surface area (Å²) in [4.78, 5) is 11.5. The van der Waals surface area contributed by atoms with Crippen LogP contribution in [-0.2, 0) is 0 Å². The van der Waals surface area contributed by atoms with Crippen molar-refractivity contribution in [2.24, 2.45) is 5.92 Å². The van der Waals surface area contributed by atoms with E-state index in [9.17, 15) is 4.79 Å². The van der Waals surface area contributed by atoms with Gasteiger partial charge in [0.1, 0.15) is 0 Å². The van der Waals surface area contributed by atoms with E-state index in [2.05, 4.69) is 0 Å². The van der Waals surface area contributed by atoms with Crippen LogP contribution in [0.25, 0.3) is 0 Å². The number of nitriles is 1. The highest BCUT2D eigenvalue weighted by Crippen LogP contribution is 2.08. The van der Waals surface area contributed by atoms with E-state index in [4.69, 9.17) is 5.26 Å². The molecule has 0 amide bonds. The fourth-order valence-electron chi connectivity index (χ4n) is 1.07. The first-order valence-electron chi connectivity index (χ1n) is 4.22. The topological polar surface area (TPSA) is 40.9 Å². The third-order valence-corrected chi connectivity index (χ3v) is 1.81. The van der Waals surface area contributed by atoms with Crippen LogP contribution in [-0.4, -0.2) is 5.78 Å². The van der Waals surface area contributed by atoms with E-state index in [0.29, 0.717) is 12.0 Å². The average Bonchev–Trinajstić information content (AvgIpc) is 2.19. The number of carbonyl (C=O) groups is 1. The summed E-state index contributed by atoms with van der Waals surface area (Å²) in [5.74, 6) is -0.164. The Labute approximate surface area is 77.8 Å². The number of ketones is 1. The van der Waals surface area contributed by atoms with Gasteiger partial charge in [0, 0.05) is 12.0 Å². The molecule has 2 heteroatoms. The largest absolute Gasteiger partial charge is 0.294 e. The molecule has 0 saturated heterocycles.